The number of aromatic nitrogens is 1. The van der Waals surface area contributed by atoms with Gasteiger partial charge in [0.05, 0.1) is 16.7 Å². The zero-order valence-electron chi connectivity index (χ0n) is 8.96. The molecule has 82 valence electrons. The SMILES string of the molecule is Cc1ncsc1C(=O)NC1(C)CCNC1. The Bertz CT molecular complexity index is 368. The maximum absolute atomic E-state index is 11.9. The lowest BCUT2D eigenvalue weighted by atomic mass is 10.0. The van der Waals surface area contributed by atoms with E-state index in [4.69, 9.17) is 0 Å². The molecule has 1 aromatic rings. The summed E-state index contributed by atoms with van der Waals surface area (Å²) in [4.78, 5) is 16.7. The molecule has 1 amide bonds. The Morgan fingerprint density at radius 1 is 1.73 bits per heavy atom. The third kappa shape index (κ3) is 2.18. The van der Waals surface area contributed by atoms with Crippen molar-refractivity contribution in [2.24, 2.45) is 0 Å². The number of rotatable bonds is 2. The van der Waals surface area contributed by atoms with Gasteiger partial charge in [-0.2, -0.15) is 0 Å². The molecule has 1 saturated heterocycles. The Labute approximate surface area is 93.1 Å². The Hall–Kier alpha value is -0.940. The molecule has 1 aliphatic rings. The summed E-state index contributed by atoms with van der Waals surface area (Å²) >= 11 is 1.40. The molecule has 0 saturated carbocycles. The van der Waals surface area contributed by atoms with E-state index in [9.17, 15) is 4.79 Å². The second-order valence-corrected chi connectivity index (χ2v) is 5.06. The van der Waals surface area contributed by atoms with Gasteiger partial charge in [-0.05, 0) is 26.8 Å². The van der Waals surface area contributed by atoms with Gasteiger partial charge in [0.15, 0.2) is 0 Å². The number of nitrogens with one attached hydrogen (secondary N) is 2. The van der Waals surface area contributed by atoms with Gasteiger partial charge in [0.1, 0.15) is 4.88 Å². The number of hydrogen-bond acceptors (Lipinski definition) is 4. The zero-order valence-corrected chi connectivity index (χ0v) is 9.78. The molecular weight excluding hydrogens is 210 g/mol. The molecule has 0 aromatic carbocycles. The van der Waals surface area contributed by atoms with Crippen LogP contribution >= 0.6 is 11.3 Å². The minimum atomic E-state index is -0.104. The minimum Gasteiger partial charge on any atom is -0.345 e. The van der Waals surface area contributed by atoms with Crippen LogP contribution in [0.4, 0.5) is 0 Å². The molecule has 0 aliphatic carbocycles. The van der Waals surface area contributed by atoms with Crippen LogP contribution in [0.3, 0.4) is 0 Å². The van der Waals surface area contributed by atoms with Crippen LogP contribution in [-0.2, 0) is 0 Å². The van der Waals surface area contributed by atoms with E-state index in [0.717, 1.165) is 30.1 Å². The van der Waals surface area contributed by atoms with Gasteiger partial charge in [-0.15, -0.1) is 11.3 Å². The third-order valence-corrected chi connectivity index (χ3v) is 3.66. The fourth-order valence-electron chi connectivity index (χ4n) is 1.77. The van der Waals surface area contributed by atoms with E-state index in [1.165, 1.54) is 11.3 Å². The van der Waals surface area contributed by atoms with Crippen LogP contribution in [0.15, 0.2) is 5.51 Å². The fourth-order valence-corrected chi connectivity index (χ4v) is 2.47. The molecule has 0 bridgehead atoms. The van der Waals surface area contributed by atoms with Crippen LogP contribution in [0.1, 0.15) is 28.7 Å². The van der Waals surface area contributed by atoms with Crippen molar-refractivity contribution in [3.8, 4) is 0 Å². The number of hydrogen-bond donors (Lipinski definition) is 2. The van der Waals surface area contributed by atoms with Crippen LogP contribution < -0.4 is 10.6 Å². The Morgan fingerprint density at radius 3 is 3.07 bits per heavy atom. The molecular formula is C10H15N3OS. The van der Waals surface area contributed by atoms with Gasteiger partial charge in [-0.1, -0.05) is 0 Å². The van der Waals surface area contributed by atoms with Crippen molar-refractivity contribution in [2.75, 3.05) is 13.1 Å². The van der Waals surface area contributed by atoms with E-state index in [1.807, 2.05) is 6.92 Å². The summed E-state index contributed by atoms with van der Waals surface area (Å²) in [6.45, 7) is 5.75. The molecule has 1 fully saturated rings. The summed E-state index contributed by atoms with van der Waals surface area (Å²) in [5.74, 6) is 0.00111. The zero-order chi connectivity index (χ0) is 10.9. The molecule has 1 aliphatic heterocycles. The lowest BCUT2D eigenvalue weighted by Gasteiger charge is -2.24. The van der Waals surface area contributed by atoms with Crippen LogP contribution in [-0.4, -0.2) is 29.5 Å². The smallest absolute Gasteiger partial charge is 0.263 e. The van der Waals surface area contributed by atoms with E-state index in [0.29, 0.717) is 0 Å². The normalized spacial score (nSPS) is 25.5. The Balaban J connectivity index is 2.07. The van der Waals surface area contributed by atoms with E-state index < -0.39 is 0 Å². The Morgan fingerprint density at radius 2 is 2.53 bits per heavy atom. The monoisotopic (exact) mass is 225 g/mol. The molecule has 0 spiro atoms. The predicted molar refractivity (Wildman–Crippen MR) is 60.2 cm³/mol. The standard InChI is InChI=1S/C10H15N3OS/c1-7-8(15-6-12-7)9(14)13-10(2)3-4-11-5-10/h6,11H,3-5H2,1-2H3,(H,13,14). The molecule has 4 nitrogen and oxygen atoms in total. The highest BCUT2D eigenvalue weighted by Crippen LogP contribution is 2.17. The lowest BCUT2D eigenvalue weighted by Crippen LogP contribution is -2.47. The molecule has 0 radical (unpaired) electrons. The molecule has 2 heterocycles. The lowest BCUT2D eigenvalue weighted by molar-refractivity contribution is 0.0916. The summed E-state index contributed by atoms with van der Waals surface area (Å²) in [5.41, 5.74) is 2.42. The maximum atomic E-state index is 11.9. The second kappa shape index (κ2) is 3.90. The first-order valence-corrected chi connectivity index (χ1v) is 5.92. The number of carbonyl (C=O) groups is 1. The molecule has 1 aromatic heterocycles. The molecule has 1 atom stereocenters. The van der Waals surface area contributed by atoms with E-state index in [2.05, 4.69) is 22.5 Å². The average molecular weight is 225 g/mol. The highest BCUT2D eigenvalue weighted by molar-refractivity contribution is 7.11. The number of nitrogens with zero attached hydrogens (tertiary/aromatic N) is 1. The molecule has 1 unspecified atom stereocenters. The van der Waals surface area contributed by atoms with Crippen molar-refractivity contribution in [1.29, 1.82) is 0 Å². The van der Waals surface area contributed by atoms with Crippen molar-refractivity contribution < 1.29 is 4.79 Å². The molecule has 2 rings (SSSR count). The molecule has 5 heteroatoms. The molecule has 15 heavy (non-hydrogen) atoms. The minimum absolute atomic E-state index is 0.00111. The summed E-state index contributed by atoms with van der Waals surface area (Å²) in [6.07, 6.45) is 0.983. The maximum Gasteiger partial charge on any atom is 0.263 e. The summed E-state index contributed by atoms with van der Waals surface area (Å²) in [7, 11) is 0. The molecule has 2 N–H and O–H groups in total. The van der Waals surface area contributed by atoms with Gasteiger partial charge in [-0.3, -0.25) is 4.79 Å². The summed E-state index contributed by atoms with van der Waals surface area (Å²) in [6, 6.07) is 0. The fraction of sp³-hybridized carbons (Fsp3) is 0.600. The summed E-state index contributed by atoms with van der Waals surface area (Å²) < 4.78 is 0. The van der Waals surface area contributed by atoms with Gasteiger partial charge in [-0.25, -0.2) is 4.98 Å². The number of amides is 1. The van der Waals surface area contributed by atoms with E-state index >= 15 is 0 Å². The first kappa shape index (κ1) is 10.6. The van der Waals surface area contributed by atoms with Crippen LogP contribution in [0.2, 0.25) is 0 Å². The summed E-state index contributed by atoms with van der Waals surface area (Å²) in [5, 5.41) is 6.32. The van der Waals surface area contributed by atoms with Crippen LogP contribution in [0.5, 0.6) is 0 Å². The predicted octanol–water partition coefficient (Wildman–Crippen LogP) is 0.933. The van der Waals surface area contributed by atoms with Crippen molar-refractivity contribution in [3.05, 3.63) is 16.1 Å². The first-order valence-electron chi connectivity index (χ1n) is 5.04. The van der Waals surface area contributed by atoms with E-state index in [-0.39, 0.29) is 11.4 Å². The van der Waals surface area contributed by atoms with Gasteiger partial charge in [0.2, 0.25) is 0 Å². The van der Waals surface area contributed by atoms with Gasteiger partial charge < -0.3 is 10.6 Å². The van der Waals surface area contributed by atoms with Gasteiger partial charge in [0, 0.05) is 6.54 Å². The largest absolute Gasteiger partial charge is 0.345 e. The van der Waals surface area contributed by atoms with Crippen molar-refractivity contribution in [2.45, 2.75) is 25.8 Å². The van der Waals surface area contributed by atoms with Crippen LogP contribution in [0, 0.1) is 6.92 Å². The highest BCUT2D eigenvalue weighted by atomic mass is 32.1. The third-order valence-electron chi connectivity index (χ3n) is 2.74. The van der Waals surface area contributed by atoms with Crippen molar-refractivity contribution in [3.63, 3.8) is 0 Å². The number of aryl methyl sites for hydroxylation is 1. The van der Waals surface area contributed by atoms with Crippen molar-refractivity contribution >= 4 is 17.2 Å². The van der Waals surface area contributed by atoms with Crippen molar-refractivity contribution in [1.82, 2.24) is 15.6 Å². The van der Waals surface area contributed by atoms with Gasteiger partial charge in [0.25, 0.3) is 5.91 Å². The quantitative estimate of drug-likeness (QED) is 0.787. The van der Waals surface area contributed by atoms with Gasteiger partial charge >= 0.3 is 0 Å². The van der Waals surface area contributed by atoms with E-state index in [1.54, 1.807) is 5.51 Å². The first-order chi connectivity index (χ1) is 7.11. The Kier molecular flexibility index (Phi) is 2.75. The average Bonchev–Trinajstić information content (AvgIpc) is 2.74. The van der Waals surface area contributed by atoms with Crippen LogP contribution in [0.25, 0.3) is 0 Å². The second-order valence-electron chi connectivity index (χ2n) is 4.21. The highest BCUT2D eigenvalue weighted by Gasteiger charge is 2.31. The topological polar surface area (TPSA) is 54.0 Å². The number of carbonyl (C=O) groups excluding carboxylic acids is 1. The number of thiazole rings is 1.